The molecule has 0 radical (unpaired) electrons. The molecule has 0 aromatic heterocycles. The quantitative estimate of drug-likeness (QED) is 0.621. The van der Waals surface area contributed by atoms with Gasteiger partial charge in [-0.05, 0) is 15.9 Å². The van der Waals surface area contributed by atoms with Gasteiger partial charge in [0.25, 0.3) is 0 Å². The van der Waals surface area contributed by atoms with Crippen LogP contribution in [-0.2, 0) is 0 Å². The highest BCUT2D eigenvalue weighted by Crippen LogP contribution is 2.39. The van der Waals surface area contributed by atoms with Gasteiger partial charge in [-0.1, -0.05) is 23.2 Å². The van der Waals surface area contributed by atoms with E-state index < -0.39 is 15.8 Å². The van der Waals surface area contributed by atoms with Gasteiger partial charge in [-0.25, -0.2) is 0 Å². The van der Waals surface area contributed by atoms with Gasteiger partial charge >= 0.3 is 6.18 Å². The molecule has 0 aromatic rings. The third-order valence-corrected chi connectivity index (χ3v) is 0.949. The third kappa shape index (κ3) is 8.85. The molecular formula is C3H2BrCl2F3. The molecule has 0 rings (SSSR count). The lowest BCUT2D eigenvalue weighted by Crippen LogP contribution is -2.17. The fourth-order valence-electron chi connectivity index (χ4n) is 0.227. The fourth-order valence-corrected chi connectivity index (χ4v) is 0.848. The molecule has 0 saturated heterocycles. The van der Waals surface area contributed by atoms with Gasteiger partial charge in [0.15, 0.2) is 3.24 Å². The molecule has 0 spiro atoms. The largest absolute Gasteiger partial charge is 0.392 e. The summed E-state index contributed by atoms with van der Waals surface area (Å²) in [5.74, 6) is 0. The van der Waals surface area contributed by atoms with Crippen LogP contribution in [0.1, 0.15) is 6.42 Å². The predicted molar refractivity (Wildman–Crippen MR) is 34.0 cm³/mol. The molecule has 0 fully saturated rings. The van der Waals surface area contributed by atoms with Crippen molar-refractivity contribution in [3.63, 3.8) is 0 Å². The van der Waals surface area contributed by atoms with Crippen molar-refractivity contribution in [1.29, 1.82) is 0 Å². The Bertz CT molecular complexity index is 82.2. The Morgan fingerprint density at radius 1 is 1.22 bits per heavy atom. The molecule has 0 N–H and O–H groups in total. The predicted octanol–water partition coefficient (Wildman–Crippen LogP) is 3.47. The van der Waals surface area contributed by atoms with Crippen LogP contribution in [0, 0.1) is 0 Å². The van der Waals surface area contributed by atoms with E-state index in [9.17, 15) is 13.2 Å². The molecule has 0 aliphatic carbocycles. The summed E-state index contributed by atoms with van der Waals surface area (Å²) < 4.78 is 32.2. The van der Waals surface area contributed by atoms with Gasteiger partial charge in [0, 0.05) is 0 Å². The SMILES string of the molecule is FC(F)(F)CC(Cl)(Cl)Br. The van der Waals surface area contributed by atoms with Crippen LogP contribution >= 0.6 is 39.1 Å². The number of halogens is 6. The highest BCUT2D eigenvalue weighted by atomic mass is 79.9. The van der Waals surface area contributed by atoms with Gasteiger partial charge < -0.3 is 0 Å². The molecular weight excluding hydrogens is 244 g/mol. The maximum atomic E-state index is 11.4. The molecule has 0 aromatic carbocycles. The van der Waals surface area contributed by atoms with Gasteiger partial charge in [0.2, 0.25) is 0 Å². The van der Waals surface area contributed by atoms with Crippen molar-refractivity contribution >= 4 is 39.1 Å². The standard InChI is InChI=1S/C3H2BrCl2F3/c4-2(5,6)1-3(7,8)9/h1H2. The van der Waals surface area contributed by atoms with Crippen LogP contribution in [-0.4, -0.2) is 9.42 Å². The summed E-state index contributed by atoms with van der Waals surface area (Å²) in [5, 5.41) is 0. The fraction of sp³-hybridized carbons (Fsp3) is 1.00. The van der Waals surface area contributed by atoms with Crippen molar-refractivity contribution < 1.29 is 13.2 Å². The molecule has 6 heteroatoms. The molecule has 9 heavy (non-hydrogen) atoms. The summed E-state index contributed by atoms with van der Waals surface area (Å²) in [4.78, 5) is 0. The first-order valence-electron chi connectivity index (χ1n) is 1.84. The maximum Gasteiger partial charge on any atom is 0.392 e. The van der Waals surface area contributed by atoms with Gasteiger partial charge in [-0.2, -0.15) is 13.2 Å². The molecule has 56 valence electrons. The molecule has 0 heterocycles. The average Bonchev–Trinajstić information content (AvgIpc) is 1.14. The van der Waals surface area contributed by atoms with Crippen molar-refractivity contribution in [3.8, 4) is 0 Å². The lowest BCUT2D eigenvalue weighted by molar-refractivity contribution is -0.132. The van der Waals surface area contributed by atoms with E-state index in [-0.39, 0.29) is 0 Å². The van der Waals surface area contributed by atoms with Crippen LogP contribution < -0.4 is 0 Å². The minimum absolute atomic E-state index is 1.26. The van der Waals surface area contributed by atoms with E-state index in [2.05, 4.69) is 15.9 Å². The van der Waals surface area contributed by atoms with Crippen LogP contribution in [0.25, 0.3) is 0 Å². The second kappa shape index (κ2) is 2.84. The molecule has 0 aliphatic rings. The van der Waals surface area contributed by atoms with Gasteiger partial charge in [-0.3, -0.25) is 0 Å². The molecule has 0 bridgehead atoms. The first kappa shape index (κ1) is 9.85. The van der Waals surface area contributed by atoms with Crippen molar-refractivity contribution in [3.05, 3.63) is 0 Å². The molecule has 0 amide bonds. The van der Waals surface area contributed by atoms with Crippen molar-refractivity contribution in [2.75, 3.05) is 0 Å². The summed E-state index contributed by atoms with van der Waals surface area (Å²) in [6, 6.07) is 0. The normalized spacial score (nSPS) is 14.0. The van der Waals surface area contributed by atoms with Crippen LogP contribution in [0.5, 0.6) is 0 Å². The Kier molecular flexibility index (Phi) is 3.11. The number of hydrogen-bond donors (Lipinski definition) is 0. The third-order valence-electron chi connectivity index (χ3n) is 0.401. The van der Waals surface area contributed by atoms with E-state index in [4.69, 9.17) is 23.2 Å². The Labute approximate surface area is 68.4 Å². The maximum absolute atomic E-state index is 11.4. The minimum Gasteiger partial charge on any atom is -0.171 e. The Morgan fingerprint density at radius 2 is 1.56 bits per heavy atom. The van der Waals surface area contributed by atoms with E-state index >= 15 is 0 Å². The van der Waals surface area contributed by atoms with Crippen LogP contribution in [0.4, 0.5) is 13.2 Å². The Balaban J connectivity index is 3.75. The second-order valence-electron chi connectivity index (χ2n) is 1.41. The first-order valence-corrected chi connectivity index (χ1v) is 3.39. The minimum atomic E-state index is -4.33. The van der Waals surface area contributed by atoms with E-state index in [1.54, 1.807) is 0 Å². The first-order chi connectivity index (χ1) is 3.71. The van der Waals surface area contributed by atoms with E-state index in [1.165, 1.54) is 0 Å². The number of hydrogen-bond acceptors (Lipinski definition) is 0. The molecule has 0 unspecified atom stereocenters. The zero-order chi connectivity index (χ0) is 7.71. The summed E-state index contributed by atoms with van der Waals surface area (Å²) in [5.41, 5.74) is 0. The zero-order valence-corrected chi connectivity index (χ0v) is 7.07. The smallest absolute Gasteiger partial charge is 0.171 e. The van der Waals surface area contributed by atoms with Crippen molar-refractivity contribution in [2.45, 2.75) is 15.8 Å². The monoisotopic (exact) mass is 244 g/mol. The number of rotatable bonds is 1. The summed E-state index contributed by atoms with van der Waals surface area (Å²) in [6.07, 6.45) is -5.59. The highest BCUT2D eigenvalue weighted by molar-refractivity contribution is 9.11. The summed E-state index contributed by atoms with van der Waals surface area (Å²) >= 11 is 12.4. The molecule has 0 atom stereocenters. The number of alkyl halides is 6. The average molecular weight is 246 g/mol. The van der Waals surface area contributed by atoms with Gasteiger partial charge in [-0.15, -0.1) is 0 Å². The molecule has 0 nitrogen and oxygen atoms in total. The van der Waals surface area contributed by atoms with E-state index in [0.717, 1.165) is 0 Å². The van der Waals surface area contributed by atoms with Crippen LogP contribution in [0.15, 0.2) is 0 Å². The van der Waals surface area contributed by atoms with Crippen molar-refractivity contribution in [2.24, 2.45) is 0 Å². The van der Waals surface area contributed by atoms with Gasteiger partial charge in [0.1, 0.15) is 0 Å². The zero-order valence-electron chi connectivity index (χ0n) is 3.97. The van der Waals surface area contributed by atoms with Crippen LogP contribution in [0.3, 0.4) is 0 Å². The van der Waals surface area contributed by atoms with Crippen LogP contribution in [0.2, 0.25) is 0 Å². The van der Waals surface area contributed by atoms with Crippen molar-refractivity contribution in [1.82, 2.24) is 0 Å². The second-order valence-corrected chi connectivity index (χ2v) is 5.16. The molecule has 0 saturated carbocycles. The lowest BCUT2D eigenvalue weighted by Gasteiger charge is -2.12. The van der Waals surface area contributed by atoms with Gasteiger partial charge in [0.05, 0.1) is 6.42 Å². The lowest BCUT2D eigenvalue weighted by atomic mass is 10.5. The highest BCUT2D eigenvalue weighted by Gasteiger charge is 2.38. The molecule has 0 aliphatic heterocycles. The Morgan fingerprint density at radius 3 is 1.56 bits per heavy atom. The van der Waals surface area contributed by atoms with E-state index in [1.807, 2.05) is 0 Å². The topological polar surface area (TPSA) is 0 Å². The van der Waals surface area contributed by atoms with E-state index in [0.29, 0.717) is 0 Å². The Hall–Kier alpha value is 0.850. The summed E-state index contributed by atoms with van der Waals surface area (Å²) in [6.45, 7) is 0. The summed E-state index contributed by atoms with van der Waals surface area (Å²) in [7, 11) is 0.